The predicted molar refractivity (Wildman–Crippen MR) is 83.7 cm³/mol. The first-order valence-corrected chi connectivity index (χ1v) is 6.96. The minimum Gasteiger partial charge on any atom is -0.267 e. The number of nitriles is 1. The molecule has 108 valence electrons. The van der Waals surface area contributed by atoms with E-state index in [4.69, 9.17) is 11.6 Å². The highest BCUT2D eigenvalue weighted by molar-refractivity contribution is 6.31. The van der Waals surface area contributed by atoms with Crippen LogP contribution in [-0.2, 0) is 7.05 Å². The lowest BCUT2D eigenvalue weighted by atomic mass is 9.97. The Bertz CT molecular complexity index is 958. The second kappa shape index (κ2) is 5.58. The molecule has 0 aliphatic carbocycles. The molecule has 0 fully saturated rings. The summed E-state index contributed by atoms with van der Waals surface area (Å²) in [6.45, 7) is 0. The summed E-state index contributed by atoms with van der Waals surface area (Å²) in [6, 6.07) is 13.3. The van der Waals surface area contributed by atoms with Gasteiger partial charge < -0.3 is 0 Å². The van der Waals surface area contributed by atoms with E-state index in [0.29, 0.717) is 5.69 Å². The molecule has 0 unspecified atom stereocenters. The summed E-state index contributed by atoms with van der Waals surface area (Å²) < 4.78 is 1.16. The Morgan fingerprint density at radius 3 is 2.82 bits per heavy atom. The highest BCUT2D eigenvalue weighted by atomic mass is 35.5. The van der Waals surface area contributed by atoms with Crippen LogP contribution in [0, 0.1) is 11.3 Å². The zero-order valence-electron chi connectivity index (χ0n) is 11.7. The molecule has 0 aliphatic rings. The molecule has 0 radical (unpaired) electrons. The third kappa shape index (κ3) is 2.34. The van der Waals surface area contributed by atoms with Crippen molar-refractivity contribution in [3.63, 3.8) is 0 Å². The summed E-state index contributed by atoms with van der Waals surface area (Å²) in [5, 5.41) is 14.5. The molecule has 0 saturated carbocycles. The first-order valence-electron chi connectivity index (χ1n) is 6.59. The quantitative estimate of drug-likeness (QED) is 0.729. The maximum absolute atomic E-state index is 12.3. The van der Waals surface area contributed by atoms with Crippen LogP contribution in [0.4, 0.5) is 0 Å². The molecular weight excluding hydrogens is 300 g/mol. The second-order valence-corrected chi connectivity index (χ2v) is 5.23. The standard InChI is InChI=1S/C16H11ClN4O/c1-21-16(22)15(12(17)9-19-21)11(8-18)14-7-6-10-4-2-3-5-13(10)20-14/h2-7,9,11H,1H3/t11-/m0/s1. The second-order valence-electron chi connectivity index (χ2n) is 4.83. The Morgan fingerprint density at radius 2 is 2.05 bits per heavy atom. The Hall–Kier alpha value is -2.71. The number of aryl methyl sites for hydroxylation is 1. The number of halogens is 1. The lowest BCUT2D eigenvalue weighted by Gasteiger charge is -2.11. The van der Waals surface area contributed by atoms with Gasteiger partial charge in [0.05, 0.1) is 34.1 Å². The SMILES string of the molecule is Cn1ncc(Cl)c([C@@H](C#N)c2ccc3ccccc3n2)c1=O. The number of hydrogen-bond donors (Lipinski definition) is 0. The lowest BCUT2D eigenvalue weighted by molar-refractivity contribution is 0.690. The lowest BCUT2D eigenvalue weighted by Crippen LogP contribution is -2.26. The number of rotatable bonds is 2. The first kappa shape index (κ1) is 14.2. The number of benzene rings is 1. The van der Waals surface area contributed by atoms with E-state index in [-0.39, 0.29) is 10.6 Å². The van der Waals surface area contributed by atoms with Crippen molar-refractivity contribution in [2.45, 2.75) is 5.92 Å². The number of pyridine rings is 1. The molecule has 0 aliphatic heterocycles. The van der Waals surface area contributed by atoms with Gasteiger partial charge in [0, 0.05) is 12.4 Å². The van der Waals surface area contributed by atoms with Crippen molar-refractivity contribution in [2.75, 3.05) is 0 Å². The smallest absolute Gasteiger partial charge is 0.267 e. The van der Waals surface area contributed by atoms with Crippen LogP contribution in [0.2, 0.25) is 5.02 Å². The van der Waals surface area contributed by atoms with Gasteiger partial charge in [-0.25, -0.2) is 4.68 Å². The van der Waals surface area contributed by atoms with Crippen molar-refractivity contribution in [1.82, 2.24) is 14.8 Å². The maximum atomic E-state index is 12.3. The fourth-order valence-electron chi connectivity index (χ4n) is 2.32. The molecule has 0 saturated heterocycles. The molecule has 2 aromatic heterocycles. The van der Waals surface area contributed by atoms with Gasteiger partial charge in [-0.3, -0.25) is 9.78 Å². The third-order valence-corrected chi connectivity index (χ3v) is 3.76. The number of para-hydroxylation sites is 1. The van der Waals surface area contributed by atoms with Crippen molar-refractivity contribution in [3.05, 3.63) is 69.2 Å². The summed E-state index contributed by atoms with van der Waals surface area (Å²) in [5.41, 5.74) is 1.06. The van der Waals surface area contributed by atoms with Gasteiger partial charge >= 0.3 is 0 Å². The van der Waals surface area contributed by atoms with Gasteiger partial charge in [0.15, 0.2) is 0 Å². The average Bonchev–Trinajstić information content (AvgIpc) is 2.55. The van der Waals surface area contributed by atoms with Crippen LogP contribution in [0.25, 0.3) is 10.9 Å². The Kier molecular flexibility index (Phi) is 3.61. The van der Waals surface area contributed by atoms with Gasteiger partial charge in [-0.15, -0.1) is 0 Å². The molecule has 0 N–H and O–H groups in total. The van der Waals surface area contributed by atoms with Crippen LogP contribution in [-0.4, -0.2) is 14.8 Å². The van der Waals surface area contributed by atoms with Crippen molar-refractivity contribution in [3.8, 4) is 6.07 Å². The van der Waals surface area contributed by atoms with Gasteiger partial charge in [-0.05, 0) is 12.1 Å². The average molecular weight is 311 g/mol. The molecule has 0 amide bonds. The van der Waals surface area contributed by atoms with Crippen LogP contribution in [0.15, 0.2) is 47.4 Å². The van der Waals surface area contributed by atoms with Crippen LogP contribution in [0.5, 0.6) is 0 Å². The van der Waals surface area contributed by atoms with Crippen molar-refractivity contribution < 1.29 is 0 Å². The number of fused-ring (bicyclic) bond motifs is 1. The molecule has 0 spiro atoms. The Morgan fingerprint density at radius 1 is 1.27 bits per heavy atom. The largest absolute Gasteiger partial charge is 0.272 e. The van der Waals surface area contributed by atoms with E-state index in [1.165, 1.54) is 13.2 Å². The fourth-order valence-corrected chi connectivity index (χ4v) is 2.55. The fraction of sp³-hybridized carbons (Fsp3) is 0.125. The molecule has 1 atom stereocenters. The van der Waals surface area contributed by atoms with E-state index in [1.807, 2.05) is 30.3 Å². The minimum absolute atomic E-state index is 0.171. The summed E-state index contributed by atoms with van der Waals surface area (Å²) in [7, 11) is 1.52. The van der Waals surface area contributed by atoms with E-state index >= 15 is 0 Å². The van der Waals surface area contributed by atoms with Gasteiger partial charge in [-0.1, -0.05) is 35.9 Å². The van der Waals surface area contributed by atoms with Crippen molar-refractivity contribution >= 4 is 22.5 Å². The predicted octanol–water partition coefficient (Wildman–Crippen LogP) is 2.64. The van der Waals surface area contributed by atoms with E-state index in [0.717, 1.165) is 15.6 Å². The Balaban J connectivity index is 2.21. The van der Waals surface area contributed by atoms with E-state index in [9.17, 15) is 10.1 Å². The normalized spacial score (nSPS) is 12.0. The molecule has 3 rings (SSSR count). The highest BCUT2D eigenvalue weighted by Crippen LogP contribution is 2.26. The molecule has 2 heterocycles. The van der Waals surface area contributed by atoms with Gasteiger partial charge in [0.1, 0.15) is 5.92 Å². The van der Waals surface area contributed by atoms with E-state index < -0.39 is 11.5 Å². The third-order valence-electron chi connectivity index (χ3n) is 3.46. The number of hydrogen-bond acceptors (Lipinski definition) is 4. The molecule has 22 heavy (non-hydrogen) atoms. The molecule has 0 bridgehead atoms. The molecular formula is C16H11ClN4O. The summed E-state index contributed by atoms with van der Waals surface area (Å²) in [6.07, 6.45) is 1.36. The highest BCUT2D eigenvalue weighted by Gasteiger charge is 2.23. The van der Waals surface area contributed by atoms with Crippen molar-refractivity contribution in [1.29, 1.82) is 5.26 Å². The van der Waals surface area contributed by atoms with Gasteiger partial charge in [0.25, 0.3) is 5.56 Å². The van der Waals surface area contributed by atoms with Crippen LogP contribution < -0.4 is 5.56 Å². The van der Waals surface area contributed by atoms with E-state index in [2.05, 4.69) is 16.2 Å². The topological polar surface area (TPSA) is 71.6 Å². The zero-order valence-corrected chi connectivity index (χ0v) is 12.4. The summed E-state index contributed by atoms with van der Waals surface area (Å²) in [4.78, 5) is 16.7. The van der Waals surface area contributed by atoms with Crippen molar-refractivity contribution in [2.24, 2.45) is 7.05 Å². The van der Waals surface area contributed by atoms with Gasteiger partial charge in [-0.2, -0.15) is 10.4 Å². The van der Waals surface area contributed by atoms with Gasteiger partial charge in [0.2, 0.25) is 0 Å². The monoisotopic (exact) mass is 310 g/mol. The Labute approximate surface area is 131 Å². The van der Waals surface area contributed by atoms with Crippen LogP contribution >= 0.6 is 11.6 Å². The van der Waals surface area contributed by atoms with E-state index in [1.54, 1.807) is 6.07 Å². The molecule has 3 aromatic rings. The molecule has 1 aromatic carbocycles. The summed E-state index contributed by atoms with van der Waals surface area (Å²) >= 11 is 6.09. The maximum Gasteiger partial charge on any atom is 0.272 e. The first-order chi connectivity index (χ1) is 10.6. The van der Waals surface area contributed by atoms with Crippen LogP contribution in [0.3, 0.4) is 0 Å². The van der Waals surface area contributed by atoms with Crippen LogP contribution in [0.1, 0.15) is 17.2 Å². The number of aromatic nitrogens is 3. The number of nitrogens with zero attached hydrogens (tertiary/aromatic N) is 4. The zero-order chi connectivity index (χ0) is 15.7. The molecule has 6 heteroatoms. The minimum atomic E-state index is -0.834. The molecule has 5 nitrogen and oxygen atoms in total. The summed E-state index contributed by atoms with van der Waals surface area (Å²) in [5.74, 6) is -0.834.